The Balaban J connectivity index is 1.63. The van der Waals surface area contributed by atoms with E-state index in [2.05, 4.69) is 10.2 Å². The minimum Gasteiger partial charge on any atom is -0.354 e. The number of nitrogens with zero attached hydrogens (tertiary/aromatic N) is 2. The highest BCUT2D eigenvalue weighted by Crippen LogP contribution is 2.34. The minimum absolute atomic E-state index is 0.0343. The van der Waals surface area contributed by atoms with Crippen LogP contribution in [0.15, 0.2) is 42.5 Å². The molecule has 2 aliphatic heterocycles. The first-order valence-corrected chi connectivity index (χ1v) is 9.29. The number of anilines is 2. The highest BCUT2D eigenvalue weighted by atomic mass is 19.1. The van der Waals surface area contributed by atoms with Gasteiger partial charge in [-0.15, -0.1) is 0 Å². The lowest BCUT2D eigenvalue weighted by Gasteiger charge is -2.43. The summed E-state index contributed by atoms with van der Waals surface area (Å²) in [6.07, 6.45) is 4.22. The van der Waals surface area contributed by atoms with E-state index in [-0.39, 0.29) is 18.0 Å². The second-order valence-corrected chi connectivity index (χ2v) is 7.14. The molecule has 0 aromatic heterocycles. The first-order chi connectivity index (χ1) is 13.0. The first-order valence-electron chi connectivity index (χ1n) is 9.29. The van der Waals surface area contributed by atoms with Crippen molar-refractivity contribution in [2.45, 2.75) is 31.8 Å². The van der Waals surface area contributed by atoms with Gasteiger partial charge in [-0.25, -0.2) is 4.39 Å². The van der Waals surface area contributed by atoms with Gasteiger partial charge >= 0.3 is 0 Å². The topological polar surface area (TPSA) is 52.7 Å². The first kappa shape index (κ1) is 17.5. The van der Waals surface area contributed by atoms with Gasteiger partial charge in [-0.05, 0) is 55.7 Å². The van der Waals surface area contributed by atoms with Crippen LogP contribution in [0, 0.1) is 5.82 Å². The van der Waals surface area contributed by atoms with Gasteiger partial charge in [0.15, 0.2) is 0 Å². The molecule has 140 valence electrons. The third kappa shape index (κ3) is 3.27. The summed E-state index contributed by atoms with van der Waals surface area (Å²) >= 11 is 0. The van der Waals surface area contributed by atoms with Crippen LogP contribution in [0.4, 0.5) is 15.8 Å². The molecule has 27 heavy (non-hydrogen) atoms. The molecule has 2 aromatic carbocycles. The maximum absolute atomic E-state index is 13.3. The third-order valence-corrected chi connectivity index (χ3v) is 5.38. The van der Waals surface area contributed by atoms with Crippen LogP contribution in [0.5, 0.6) is 0 Å². The van der Waals surface area contributed by atoms with Gasteiger partial charge in [-0.1, -0.05) is 12.5 Å². The molecule has 2 aromatic rings. The number of carbonyl (C=O) groups excluding carboxylic acids is 2. The van der Waals surface area contributed by atoms with E-state index in [1.54, 1.807) is 30.3 Å². The number of hydrogen-bond acceptors (Lipinski definition) is 3. The monoisotopic (exact) mass is 367 g/mol. The van der Waals surface area contributed by atoms with Gasteiger partial charge in [0.2, 0.25) is 0 Å². The number of fused-ring (bicyclic) bond motifs is 2. The Kier molecular flexibility index (Phi) is 4.56. The Hall–Kier alpha value is -2.89. The number of benzene rings is 2. The van der Waals surface area contributed by atoms with Crippen LogP contribution in [0.1, 0.15) is 46.4 Å². The molecule has 0 bridgehead atoms. The number of rotatable bonds is 2. The smallest absolute Gasteiger partial charge is 0.257 e. The summed E-state index contributed by atoms with van der Waals surface area (Å²) in [5.41, 5.74) is 2.24. The molecule has 0 radical (unpaired) electrons. The molecule has 1 atom stereocenters. The molecule has 1 unspecified atom stereocenters. The van der Waals surface area contributed by atoms with E-state index in [0.717, 1.165) is 37.9 Å². The summed E-state index contributed by atoms with van der Waals surface area (Å²) in [5.74, 6) is -0.698. The van der Waals surface area contributed by atoms with Crippen LogP contribution in [-0.2, 0) is 0 Å². The Bertz CT molecular complexity index is 899. The largest absolute Gasteiger partial charge is 0.354 e. The Morgan fingerprint density at radius 1 is 1.15 bits per heavy atom. The molecule has 0 saturated carbocycles. The molecule has 1 fully saturated rings. The normalized spacial score (nSPS) is 19.2. The maximum Gasteiger partial charge on any atom is 0.257 e. The molecule has 1 saturated heterocycles. The van der Waals surface area contributed by atoms with Crippen molar-refractivity contribution in [2.24, 2.45) is 0 Å². The van der Waals surface area contributed by atoms with Crippen LogP contribution in [0.2, 0.25) is 0 Å². The predicted octanol–water partition coefficient (Wildman–Crippen LogP) is 3.87. The summed E-state index contributed by atoms with van der Waals surface area (Å²) < 4.78 is 13.3. The van der Waals surface area contributed by atoms with Gasteiger partial charge in [0, 0.05) is 24.8 Å². The predicted molar refractivity (Wildman–Crippen MR) is 102 cm³/mol. The van der Waals surface area contributed by atoms with Crippen molar-refractivity contribution < 1.29 is 14.0 Å². The fourth-order valence-corrected chi connectivity index (χ4v) is 3.96. The Morgan fingerprint density at radius 3 is 2.81 bits per heavy atom. The number of halogens is 1. The summed E-state index contributed by atoms with van der Waals surface area (Å²) in [7, 11) is 1.97. The van der Waals surface area contributed by atoms with Crippen molar-refractivity contribution in [3.05, 3.63) is 59.4 Å². The summed E-state index contributed by atoms with van der Waals surface area (Å²) in [4.78, 5) is 29.6. The van der Waals surface area contributed by atoms with Crippen LogP contribution >= 0.6 is 0 Å². The van der Waals surface area contributed by atoms with Crippen molar-refractivity contribution in [2.75, 3.05) is 23.8 Å². The van der Waals surface area contributed by atoms with Crippen LogP contribution < -0.4 is 10.2 Å². The summed E-state index contributed by atoms with van der Waals surface area (Å²) in [5, 5.41) is 2.71. The van der Waals surface area contributed by atoms with Crippen LogP contribution in [-0.4, -0.2) is 36.5 Å². The summed E-state index contributed by atoms with van der Waals surface area (Å²) in [6, 6.07) is 10.9. The van der Waals surface area contributed by atoms with Gasteiger partial charge in [0.1, 0.15) is 12.0 Å². The van der Waals surface area contributed by atoms with Crippen LogP contribution in [0.25, 0.3) is 0 Å². The number of hydrogen-bond donors (Lipinski definition) is 1. The lowest BCUT2D eigenvalue weighted by Crippen LogP contribution is -2.53. The van der Waals surface area contributed by atoms with Gasteiger partial charge in [-0.2, -0.15) is 0 Å². The molecule has 4 rings (SSSR count). The van der Waals surface area contributed by atoms with E-state index in [1.807, 2.05) is 11.9 Å². The quantitative estimate of drug-likeness (QED) is 0.877. The van der Waals surface area contributed by atoms with Crippen molar-refractivity contribution in [3.8, 4) is 0 Å². The minimum atomic E-state index is -0.406. The van der Waals surface area contributed by atoms with Crippen molar-refractivity contribution in [3.63, 3.8) is 0 Å². The van der Waals surface area contributed by atoms with Crippen LogP contribution in [0.3, 0.4) is 0 Å². The van der Waals surface area contributed by atoms with E-state index < -0.39 is 5.82 Å². The van der Waals surface area contributed by atoms with E-state index in [1.165, 1.54) is 12.1 Å². The van der Waals surface area contributed by atoms with Gasteiger partial charge in [0.25, 0.3) is 11.8 Å². The number of amides is 2. The molecule has 0 aliphatic carbocycles. The molecular weight excluding hydrogens is 345 g/mol. The van der Waals surface area contributed by atoms with E-state index in [9.17, 15) is 14.0 Å². The number of carbonyl (C=O) groups is 2. The lowest BCUT2D eigenvalue weighted by molar-refractivity contribution is 0.0661. The number of nitrogens with one attached hydrogen (secondary N) is 1. The fraction of sp³-hybridized carbons (Fsp3) is 0.333. The Morgan fingerprint density at radius 2 is 2.00 bits per heavy atom. The molecule has 2 aliphatic rings. The average molecular weight is 367 g/mol. The highest BCUT2D eigenvalue weighted by molar-refractivity contribution is 6.08. The van der Waals surface area contributed by atoms with Crippen molar-refractivity contribution >= 4 is 23.2 Å². The maximum atomic E-state index is 13.3. The molecule has 6 heteroatoms. The second kappa shape index (κ2) is 7.02. The Labute approximate surface area is 157 Å². The van der Waals surface area contributed by atoms with E-state index >= 15 is 0 Å². The zero-order valence-electron chi connectivity index (χ0n) is 15.2. The fourth-order valence-electron chi connectivity index (χ4n) is 3.96. The van der Waals surface area contributed by atoms with Gasteiger partial charge < -0.3 is 15.1 Å². The standard InChI is InChI=1S/C21H22FN3O2/c1-24-18-12-14(20(26)23-16-7-5-6-15(22)13-16)9-10-17(18)21(27)25-11-4-2-3-8-19(24)25/h5-7,9-10,12-13,19H,2-4,8,11H2,1H3,(H,23,26). The summed E-state index contributed by atoms with van der Waals surface area (Å²) in [6.45, 7) is 0.773. The van der Waals surface area contributed by atoms with Gasteiger partial charge in [0.05, 0.1) is 11.3 Å². The SMILES string of the molecule is CN1c2cc(C(=O)Nc3cccc(F)c3)ccc2C(=O)N2CCCCCC21. The van der Waals surface area contributed by atoms with E-state index in [4.69, 9.17) is 0 Å². The van der Waals surface area contributed by atoms with Crippen molar-refractivity contribution in [1.29, 1.82) is 0 Å². The van der Waals surface area contributed by atoms with E-state index in [0.29, 0.717) is 16.8 Å². The third-order valence-electron chi connectivity index (χ3n) is 5.38. The van der Waals surface area contributed by atoms with Gasteiger partial charge in [-0.3, -0.25) is 9.59 Å². The zero-order chi connectivity index (χ0) is 19.0. The molecule has 2 heterocycles. The second-order valence-electron chi connectivity index (χ2n) is 7.14. The lowest BCUT2D eigenvalue weighted by atomic mass is 10.0. The average Bonchev–Trinajstić information content (AvgIpc) is 2.92. The molecule has 0 spiro atoms. The molecule has 2 amide bonds. The molecule has 5 nitrogen and oxygen atoms in total. The van der Waals surface area contributed by atoms with Crippen molar-refractivity contribution in [1.82, 2.24) is 4.90 Å². The molecular formula is C21H22FN3O2. The molecule has 1 N–H and O–H groups in total. The highest BCUT2D eigenvalue weighted by Gasteiger charge is 2.36. The zero-order valence-corrected chi connectivity index (χ0v) is 15.2.